The first-order chi connectivity index (χ1) is 13.3. The van der Waals surface area contributed by atoms with E-state index in [9.17, 15) is 14.7 Å². The summed E-state index contributed by atoms with van der Waals surface area (Å²) in [6.45, 7) is 15.3. The summed E-state index contributed by atoms with van der Waals surface area (Å²) in [6.07, 6.45) is 1.37. The first kappa shape index (κ1) is 21.3. The van der Waals surface area contributed by atoms with Crippen molar-refractivity contribution < 1.29 is 14.3 Å². The number of aromatic nitrogens is 1. The second-order valence-electron chi connectivity index (χ2n) is 9.68. The van der Waals surface area contributed by atoms with Crippen molar-refractivity contribution in [3.63, 3.8) is 0 Å². The SMILES string of the molecule is CC(C)(C)N1CCN(c2cc3c(cc2F)c(=O)c(C(=O)O)cn3C(C)(C)C)CC1. The number of carboxylic acid groups (broad SMARTS) is 1. The number of anilines is 1. The molecule has 7 heteroatoms. The zero-order valence-corrected chi connectivity index (χ0v) is 18.0. The number of nitrogens with zero attached hydrogens (tertiary/aromatic N) is 3. The Labute approximate surface area is 170 Å². The maximum atomic E-state index is 15.0. The molecule has 0 atom stereocenters. The molecule has 3 rings (SSSR count). The number of piperazine rings is 1. The largest absolute Gasteiger partial charge is 0.477 e. The Morgan fingerprint density at radius 2 is 1.59 bits per heavy atom. The van der Waals surface area contributed by atoms with Crippen LogP contribution in [-0.2, 0) is 5.54 Å². The summed E-state index contributed by atoms with van der Waals surface area (Å²) < 4.78 is 16.8. The van der Waals surface area contributed by atoms with Crippen LogP contribution in [0, 0.1) is 5.82 Å². The van der Waals surface area contributed by atoms with E-state index in [1.807, 2.05) is 25.7 Å². The van der Waals surface area contributed by atoms with E-state index in [-0.39, 0.29) is 16.5 Å². The maximum Gasteiger partial charge on any atom is 0.341 e. The molecule has 2 aromatic rings. The molecule has 158 valence electrons. The Morgan fingerprint density at radius 1 is 1.00 bits per heavy atom. The van der Waals surface area contributed by atoms with E-state index >= 15 is 4.39 Å². The number of benzene rings is 1. The maximum absolute atomic E-state index is 15.0. The first-order valence-corrected chi connectivity index (χ1v) is 9.93. The van der Waals surface area contributed by atoms with Crippen LogP contribution >= 0.6 is 0 Å². The van der Waals surface area contributed by atoms with Crippen molar-refractivity contribution in [1.29, 1.82) is 0 Å². The van der Waals surface area contributed by atoms with Crippen LogP contribution < -0.4 is 10.3 Å². The second kappa shape index (κ2) is 7.13. The monoisotopic (exact) mass is 403 g/mol. The van der Waals surface area contributed by atoms with Gasteiger partial charge in [-0.05, 0) is 53.7 Å². The molecule has 1 aromatic carbocycles. The highest BCUT2D eigenvalue weighted by molar-refractivity contribution is 5.93. The van der Waals surface area contributed by atoms with E-state index < -0.39 is 22.8 Å². The number of hydrogen-bond donors (Lipinski definition) is 1. The number of pyridine rings is 1. The van der Waals surface area contributed by atoms with Gasteiger partial charge in [-0.1, -0.05) is 0 Å². The van der Waals surface area contributed by atoms with Gasteiger partial charge >= 0.3 is 5.97 Å². The van der Waals surface area contributed by atoms with E-state index in [1.54, 1.807) is 10.6 Å². The van der Waals surface area contributed by atoms with Gasteiger partial charge in [-0.3, -0.25) is 9.69 Å². The Balaban J connectivity index is 2.13. The zero-order chi connectivity index (χ0) is 21.7. The number of rotatable bonds is 2. The highest BCUT2D eigenvalue weighted by Crippen LogP contribution is 2.30. The molecule has 29 heavy (non-hydrogen) atoms. The smallest absolute Gasteiger partial charge is 0.341 e. The normalized spacial score (nSPS) is 16.4. The molecular formula is C22H30FN3O3. The molecule has 6 nitrogen and oxygen atoms in total. The molecule has 1 N–H and O–H groups in total. The third kappa shape index (κ3) is 4.01. The van der Waals surface area contributed by atoms with Gasteiger partial charge in [-0.2, -0.15) is 0 Å². The molecule has 0 unspecified atom stereocenters. The fraction of sp³-hybridized carbons (Fsp3) is 0.545. The van der Waals surface area contributed by atoms with Crippen LogP contribution in [-0.4, -0.2) is 52.3 Å². The third-order valence-electron chi connectivity index (χ3n) is 5.59. The summed E-state index contributed by atoms with van der Waals surface area (Å²) in [5.74, 6) is -1.81. The Kier molecular flexibility index (Phi) is 5.24. The van der Waals surface area contributed by atoms with Gasteiger partial charge in [0.15, 0.2) is 0 Å². The quantitative estimate of drug-likeness (QED) is 0.831. The number of hydrogen-bond acceptors (Lipinski definition) is 4. The van der Waals surface area contributed by atoms with Crippen LogP contribution in [0.1, 0.15) is 51.9 Å². The second-order valence-corrected chi connectivity index (χ2v) is 9.68. The van der Waals surface area contributed by atoms with Crippen LogP contribution in [0.2, 0.25) is 0 Å². The van der Waals surface area contributed by atoms with Crippen LogP contribution in [0.3, 0.4) is 0 Å². The first-order valence-electron chi connectivity index (χ1n) is 9.93. The summed E-state index contributed by atoms with van der Waals surface area (Å²) >= 11 is 0. The molecule has 2 heterocycles. The van der Waals surface area contributed by atoms with Gasteiger partial charge in [0.2, 0.25) is 5.43 Å². The predicted octanol–water partition coefficient (Wildman–Crippen LogP) is 3.51. The number of carboxylic acids is 1. The Hall–Kier alpha value is -2.41. The van der Waals surface area contributed by atoms with Crippen LogP contribution in [0.15, 0.2) is 23.1 Å². The highest BCUT2D eigenvalue weighted by Gasteiger charge is 2.28. The third-order valence-corrected chi connectivity index (χ3v) is 5.59. The molecule has 1 saturated heterocycles. The molecule has 1 fully saturated rings. The number of halogens is 1. The number of carbonyl (C=O) groups is 1. The highest BCUT2D eigenvalue weighted by atomic mass is 19.1. The molecule has 0 radical (unpaired) electrons. The summed E-state index contributed by atoms with van der Waals surface area (Å²) in [5.41, 5.74) is -0.424. The minimum absolute atomic E-state index is 0.0635. The van der Waals surface area contributed by atoms with Gasteiger partial charge in [0.1, 0.15) is 11.4 Å². The number of aromatic carboxylic acids is 1. The Bertz CT molecular complexity index is 1010. The van der Waals surface area contributed by atoms with Gasteiger partial charge in [0.05, 0.1) is 11.2 Å². The molecule has 0 spiro atoms. The van der Waals surface area contributed by atoms with Crippen molar-refractivity contribution in [2.24, 2.45) is 0 Å². The standard InChI is InChI=1S/C22H30FN3O3/c1-21(2,3)25-9-7-24(8-10-25)18-12-17-14(11-16(18)23)19(27)15(20(28)29)13-26(17)22(4,5)6/h11-13H,7-10H2,1-6H3,(H,28,29). The van der Waals surface area contributed by atoms with Crippen molar-refractivity contribution in [1.82, 2.24) is 9.47 Å². The summed E-state index contributed by atoms with van der Waals surface area (Å²) in [7, 11) is 0. The minimum atomic E-state index is -1.31. The fourth-order valence-electron chi connectivity index (χ4n) is 3.90. The van der Waals surface area contributed by atoms with Crippen molar-refractivity contribution >= 4 is 22.6 Å². The zero-order valence-electron chi connectivity index (χ0n) is 18.0. The van der Waals surface area contributed by atoms with E-state index in [0.29, 0.717) is 24.3 Å². The van der Waals surface area contributed by atoms with Crippen LogP contribution in [0.5, 0.6) is 0 Å². The lowest BCUT2D eigenvalue weighted by Gasteiger charge is -2.43. The van der Waals surface area contributed by atoms with Crippen molar-refractivity contribution in [2.75, 3.05) is 31.1 Å². The molecule has 0 amide bonds. The topological polar surface area (TPSA) is 65.8 Å². The predicted molar refractivity (Wildman–Crippen MR) is 114 cm³/mol. The molecule has 0 bridgehead atoms. The average molecular weight is 403 g/mol. The van der Waals surface area contributed by atoms with E-state index in [0.717, 1.165) is 13.1 Å². The average Bonchev–Trinajstić information content (AvgIpc) is 2.60. The van der Waals surface area contributed by atoms with E-state index in [2.05, 4.69) is 25.7 Å². The van der Waals surface area contributed by atoms with Gasteiger partial charge in [0, 0.05) is 48.8 Å². The van der Waals surface area contributed by atoms with Crippen molar-refractivity contribution in [3.8, 4) is 0 Å². The lowest BCUT2D eigenvalue weighted by molar-refractivity contribution is 0.0694. The molecule has 0 aliphatic carbocycles. The lowest BCUT2D eigenvalue weighted by Crippen LogP contribution is -2.53. The van der Waals surface area contributed by atoms with E-state index in [1.165, 1.54) is 12.3 Å². The van der Waals surface area contributed by atoms with Crippen LogP contribution in [0.4, 0.5) is 10.1 Å². The fourth-order valence-corrected chi connectivity index (χ4v) is 3.90. The minimum Gasteiger partial charge on any atom is -0.477 e. The molecule has 0 saturated carbocycles. The number of fused-ring (bicyclic) bond motifs is 1. The summed E-state index contributed by atoms with van der Waals surface area (Å²) in [5, 5.41) is 9.51. The van der Waals surface area contributed by atoms with Crippen molar-refractivity contribution in [3.05, 3.63) is 39.9 Å². The lowest BCUT2D eigenvalue weighted by atomic mass is 10.0. The van der Waals surface area contributed by atoms with Gasteiger partial charge in [-0.25, -0.2) is 9.18 Å². The molecular weight excluding hydrogens is 373 g/mol. The Morgan fingerprint density at radius 3 is 2.07 bits per heavy atom. The van der Waals surface area contributed by atoms with Gasteiger partial charge in [0.25, 0.3) is 0 Å². The molecule has 1 aliphatic heterocycles. The van der Waals surface area contributed by atoms with E-state index in [4.69, 9.17) is 0 Å². The van der Waals surface area contributed by atoms with Crippen LogP contribution in [0.25, 0.3) is 10.9 Å². The van der Waals surface area contributed by atoms with Crippen molar-refractivity contribution in [2.45, 2.75) is 52.6 Å². The summed E-state index contributed by atoms with van der Waals surface area (Å²) in [4.78, 5) is 28.6. The van der Waals surface area contributed by atoms with Gasteiger partial charge in [-0.15, -0.1) is 0 Å². The molecule has 1 aromatic heterocycles. The molecule has 1 aliphatic rings. The van der Waals surface area contributed by atoms with Gasteiger partial charge < -0.3 is 14.6 Å². The summed E-state index contributed by atoms with van der Waals surface area (Å²) in [6, 6.07) is 2.88.